The highest BCUT2D eigenvalue weighted by Crippen LogP contribution is 2.34. The van der Waals surface area contributed by atoms with Gasteiger partial charge in [0.2, 0.25) is 11.7 Å². The number of amides is 2. The number of rotatable bonds is 4. The summed E-state index contributed by atoms with van der Waals surface area (Å²) < 4.78 is 5.47. The molecule has 2 aliphatic rings. The molecule has 0 radical (unpaired) electrons. The van der Waals surface area contributed by atoms with E-state index in [2.05, 4.69) is 0 Å². The maximum absolute atomic E-state index is 12.6. The van der Waals surface area contributed by atoms with Crippen LogP contribution in [0, 0.1) is 0 Å². The smallest absolute Gasteiger partial charge is 0.265 e. The Morgan fingerprint density at radius 1 is 1.15 bits per heavy atom. The van der Waals surface area contributed by atoms with Crippen LogP contribution in [-0.2, 0) is 9.59 Å². The summed E-state index contributed by atoms with van der Waals surface area (Å²) >= 11 is 1.37. The third kappa shape index (κ3) is 3.10. The van der Waals surface area contributed by atoms with Crippen LogP contribution in [0.3, 0.4) is 0 Å². The minimum absolute atomic E-state index is 0.0220. The number of likely N-dealkylation sites (tertiary alicyclic amines) is 1. The van der Waals surface area contributed by atoms with Crippen LogP contribution >= 0.6 is 11.3 Å². The van der Waals surface area contributed by atoms with Gasteiger partial charge in [0, 0.05) is 18.7 Å². The minimum atomic E-state index is -0.272. The van der Waals surface area contributed by atoms with Crippen molar-refractivity contribution in [2.45, 2.75) is 12.8 Å². The molecule has 4 rings (SSSR count). The summed E-state index contributed by atoms with van der Waals surface area (Å²) in [6, 6.07) is 8.62. The minimum Gasteiger partial charge on any atom is -0.482 e. The topological polar surface area (TPSA) is 66.9 Å². The van der Waals surface area contributed by atoms with Gasteiger partial charge in [0.25, 0.3) is 5.91 Å². The highest BCUT2D eigenvalue weighted by Gasteiger charge is 2.30. The summed E-state index contributed by atoms with van der Waals surface area (Å²) in [6.07, 6.45) is 2.00. The van der Waals surface area contributed by atoms with Crippen LogP contribution in [0.2, 0.25) is 0 Å². The number of hydrogen-bond acceptors (Lipinski definition) is 5. The number of ether oxygens (including phenoxy) is 1. The molecule has 7 heteroatoms. The molecule has 0 aliphatic carbocycles. The largest absolute Gasteiger partial charge is 0.482 e. The molecule has 0 spiro atoms. The van der Waals surface area contributed by atoms with Crippen LogP contribution in [0.15, 0.2) is 35.7 Å². The zero-order valence-corrected chi connectivity index (χ0v) is 15.0. The van der Waals surface area contributed by atoms with Crippen molar-refractivity contribution in [1.82, 2.24) is 4.90 Å². The van der Waals surface area contributed by atoms with Crippen LogP contribution in [0.1, 0.15) is 28.1 Å². The number of thiophene rings is 1. The summed E-state index contributed by atoms with van der Waals surface area (Å²) in [6.45, 7) is 1.35. The van der Waals surface area contributed by atoms with Crippen molar-refractivity contribution in [2.24, 2.45) is 0 Å². The molecule has 1 aromatic heterocycles. The van der Waals surface area contributed by atoms with Gasteiger partial charge in [0.15, 0.2) is 6.61 Å². The first-order valence-corrected chi connectivity index (χ1v) is 9.44. The Kier molecular flexibility index (Phi) is 4.46. The van der Waals surface area contributed by atoms with Gasteiger partial charge in [0.1, 0.15) is 12.3 Å². The molecular formula is C19H18N2O4S. The number of fused-ring (bicyclic) bond motifs is 1. The fourth-order valence-corrected chi connectivity index (χ4v) is 3.95. The molecule has 0 atom stereocenters. The Hall–Kier alpha value is -2.67. The molecule has 134 valence electrons. The number of nitrogens with zero attached hydrogens (tertiary/aromatic N) is 2. The SMILES string of the molecule is O=C(c1ccc2c(c1)N(CC(=O)N1CCCC1)C(=O)CO2)c1cccs1. The van der Waals surface area contributed by atoms with Crippen molar-refractivity contribution >= 4 is 34.6 Å². The molecule has 1 fully saturated rings. The second-order valence-corrected chi connectivity index (χ2v) is 7.29. The average molecular weight is 370 g/mol. The third-order valence-corrected chi connectivity index (χ3v) is 5.53. The fourth-order valence-electron chi connectivity index (χ4n) is 3.27. The zero-order chi connectivity index (χ0) is 18.1. The Labute approximate surface area is 155 Å². The van der Waals surface area contributed by atoms with Crippen LogP contribution < -0.4 is 9.64 Å². The molecule has 2 aromatic rings. The number of carbonyl (C=O) groups excluding carboxylic acids is 3. The quantitative estimate of drug-likeness (QED) is 0.775. The number of benzene rings is 1. The van der Waals surface area contributed by atoms with E-state index in [4.69, 9.17) is 4.74 Å². The van der Waals surface area contributed by atoms with E-state index >= 15 is 0 Å². The predicted molar refractivity (Wildman–Crippen MR) is 97.9 cm³/mol. The van der Waals surface area contributed by atoms with Crippen molar-refractivity contribution in [1.29, 1.82) is 0 Å². The molecule has 0 N–H and O–H groups in total. The number of hydrogen-bond donors (Lipinski definition) is 0. The van der Waals surface area contributed by atoms with Gasteiger partial charge in [-0.25, -0.2) is 0 Å². The summed E-state index contributed by atoms with van der Waals surface area (Å²) in [5, 5.41) is 1.85. The Morgan fingerprint density at radius 2 is 1.96 bits per heavy atom. The van der Waals surface area contributed by atoms with E-state index in [0.717, 1.165) is 25.9 Å². The highest BCUT2D eigenvalue weighted by molar-refractivity contribution is 7.12. The normalized spacial score (nSPS) is 16.4. The molecule has 0 bridgehead atoms. The first kappa shape index (κ1) is 16.8. The van der Waals surface area contributed by atoms with Gasteiger partial charge < -0.3 is 9.64 Å². The van der Waals surface area contributed by atoms with Crippen molar-refractivity contribution < 1.29 is 19.1 Å². The number of carbonyl (C=O) groups is 3. The lowest BCUT2D eigenvalue weighted by Gasteiger charge is -2.30. The van der Waals surface area contributed by atoms with E-state index in [1.165, 1.54) is 16.2 Å². The lowest BCUT2D eigenvalue weighted by atomic mass is 10.1. The Bertz CT molecular complexity index is 856. The van der Waals surface area contributed by atoms with Gasteiger partial charge in [0.05, 0.1) is 10.6 Å². The van der Waals surface area contributed by atoms with Crippen molar-refractivity contribution in [3.8, 4) is 5.75 Å². The summed E-state index contributed by atoms with van der Waals surface area (Å²) in [5.74, 6) is 0.0673. The molecule has 6 nitrogen and oxygen atoms in total. The summed E-state index contributed by atoms with van der Waals surface area (Å²) in [7, 11) is 0. The molecule has 3 heterocycles. The average Bonchev–Trinajstić information content (AvgIpc) is 3.37. The second-order valence-electron chi connectivity index (χ2n) is 6.35. The Morgan fingerprint density at radius 3 is 2.69 bits per heavy atom. The molecular weight excluding hydrogens is 352 g/mol. The van der Waals surface area contributed by atoms with E-state index in [-0.39, 0.29) is 30.7 Å². The van der Waals surface area contributed by atoms with Crippen LogP contribution in [0.4, 0.5) is 5.69 Å². The maximum Gasteiger partial charge on any atom is 0.265 e. The molecule has 0 saturated carbocycles. The molecule has 2 aliphatic heterocycles. The number of anilines is 1. The first-order valence-electron chi connectivity index (χ1n) is 8.56. The van der Waals surface area contributed by atoms with Crippen LogP contribution in [0.25, 0.3) is 0 Å². The monoisotopic (exact) mass is 370 g/mol. The van der Waals surface area contributed by atoms with Gasteiger partial charge in [-0.3, -0.25) is 19.3 Å². The van der Waals surface area contributed by atoms with E-state index in [1.54, 1.807) is 29.2 Å². The maximum atomic E-state index is 12.6. The molecule has 2 amide bonds. The molecule has 1 aromatic carbocycles. The summed E-state index contributed by atoms with van der Waals surface area (Å²) in [4.78, 5) is 41.3. The highest BCUT2D eigenvalue weighted by atomic mass is 32.1. The molecule has 26 heavy (non-hydrogen) atoms. The van der Waals surface area contributed by atoms with Crippen molar-refractivity contribution in [3.63, 3.8) is 0 Å². The van der Waals surface area contributed by atoms with E-state index in [0.29, 0.717) is 21.9 Å². The number of ketones is 1. The van der Waals surface area contributed by atoms with E-state index in [9.17, 15) is 14.4 Å². The van der Waals surface area contributed by atoms with Gasteiger partial charge in [-0.1, -0.05) is 6.07 Å². The van der Waals surface area contributed by atoms with Gasteiger partial charge in [-0.2, -0.15) is 0 Å². The second kappa shape index (κ2) is 6.92. The Balaban J connectivity index is 1.63. The lowest BCUT2D eigenvalue weighted by molar-refractivity contribution is -0.131. The summed E-state index contributed by atoms with van der Waals surface area (Å²) in [5.41, 5.74) is 0.958. The van der Waals surface area contributed by atoms with Crippen LogP contribution in [-0.4, -0.2) is 48.7 Å². The lowest BCUT2D eigenvalue weighted by Crippen LogP contribution is -2.45. The third-order valence-electron chi connectivity index (χ3n) is 4.66. The van der Waals surface area contributed by atoms with Gasteiger partial charge in [-0.15, -0.1) is 11.3 Å². The van der Waals surface area contributed by atoms with Crippen molar-refractivity contribution in [2.75, 3.05) is 31.1 Å². The first-order chi connectivity index (χ1) is 12.6. The van der Waals surface area contributed by atoms with E-state index in [1.807, 2.05) is 11.4 Å². The van der Waals surface area contributed by atoms with Crippen LogP contribution in [0.5, 0.6) is 5.75 Å². The standard InChI is InChI=1S/C19H18N2O4S/c22-17(20-7-1-2-8-20)11-21-14-10-13(19(24)16-4-3-9-26-16)5-6-15(14)25-12-18(21)23/h3-6,9-10H,1-2,7-8,11-12H2. The van der Waals surface area contributed by atoms with Crippen molar-refractivity contribution in [3.05, 3.63) is 46.2 Å². The van der Waals surface area contributed by atoms with Gasteiger partial charge >= 0.3 is 0 Å². The van der Waals surface area contributed by atoms with E-state index < -0.39 is 0 Å². The fraction of sp³-hybridized carbons (Fsp3) is 0.316. The molecule has 1 saturated heterocycles. The van der Waals surface area contributed by atoms with Gasteiger partial charge in [-0.05, 0) is 42.5 Å². The molecule has 0 unspecified atom stereocenters. The zero-order valence-electron chi connectivity index (χ0n) is 14.1. The predicted octanol–water partition coefficient (Wildman–Crippen LogP) is 2.33.